The zero-order chi connectivity index (χ0) is 16.1. The first-order chi connectivity index (χ1) is 11.2. The van der Waals surface area contributed by atoms with Crippen LogP contribution in [-0.4, -0.2) is 26.1 Å². The molecule has 3 rings (SSSR count). The maximum absolute atomic E-state index is 11.9. The van der Waals surface area contributed by atoms with Gasteiger partial charge in [-0.1, -0.05) is 48.0 Å². The average Bonchev–Trinajstić information content (AvgIpc) is 3.03. The summed E-state index contributed by atoms with van der Waals surface area (Å²) in [5.41, 5.74) is 1.56. The van der Waals surface area contributed by atoms with E-state index in [2.05, 4.69) is 20.7 Å². The molecule has 6 nitrogen and oxygen atoms in total. The highest BCUT2D eigenvalue weighted by Gasteiger charge is 2.08. The Kier molecular flexibility index (Phi) is 4.63. The summed E-state index contributed by atoms with van der Waals surface area (Å²) in [6.45, 7) is 0.353. The lowest BCUT2D eigenvalue weighted by molar-refractivity contribution is -0.116. The Morgan fingerprint density at radius 1 is 1.13 bits per heavy atom. The first-order valence-corrected chi connectivity index (χ1v) is 7.47. The smallest absolute Gasteiger partial charge is 0.226 e. The number of hydrogen-bond donors (Lipinski definition) is 1. The summed E-state index contributed by atoms with van der Waals surface area (Å²) in [7, 11) is 0. The number of carbonyl (C=O) groups is 1. The van der Waals surface area contributed by atoms with Crippen LogP contribution in [0.2, 0.25) is 5.02 Å². The first-order valence-electron chi connectivity index (χ1n) is 7.09. The summed E-state index contributed by atoms with van der Waals surface area (Å²) in [6.07, 6.45) is 0.247. The van der Waals surface area contributed by atoms with E-state index in [9.17, 15) is 4.79 Å². The monoisotopic (exact) mass is 327 g/mol. The standard InChI is InChI=1S/C16H14ClN5O/c17-13-7-4-8-14(11-13)18-15(23)9-10-22-20-16(19-21-22)12-5-2-1-3-6-12/h1-8,11H,9-10H2,(H,18,23). The Labute approximate surface area is 138 Å². The van der Waals surface area contributed by atoms with Crippen molar-refractivity contribution in [1.29, 1.82) is 0 Å². The molecule has 0 spiro atoms. The molecule has 0 fully saturated rings. The van der Waals surface area contributed by atoms with Gasteiger partial charge in [0.15, 0.2) is 0 Å². The van der Waals surface area contributed by atoms with E-state index in [1.807, 2.05) is 30.3 Å². The maximum atomic E-state index is 11.9. The fourth-order valence-electron chi connectivity index (χ4n) is 2.03. The number of tetrazole rings is 1. The average molecular weight is 328 g/mol. The van der Waals surface area contributed by atoms with Gasteiger partial charge in [0, 0.05) is 22.7 Å². The molecule has 1 amide bonds. The summed E-state index contributed by atoms with van der Waals surface area (Å²) < 4.78 is 0. The largest absolute Gasteiger partial charge is 0.326 e. The van der Waals surface area contributed by atoms with Crippen molar-refractivity contribution in [2.24, 2.45) is 0 Å². The molecule has 0 saturated heterocycles. The third-order valence-electron chi connectivity index (χ3n) is 3.13. The van der Waals surface area contributed by atoms with Crippen LogP contribution in [0.15, 0.2) is 54.6 Å². The van der Waals surface area contributed by atoms with Crippen molar-refractivity contribution in [2.45, 2.75) is 13.0 Å². The second-order valence-electron chi connectivity index (χ2n) is 4.88. The number of benzene rings is 2. The lowest BCUT2D eigenvalue weighted by Gasteiger charge is -2.04. The zero-order valence-corrected chi connectivity index (χ0v) is 12.9. The third kappa shape index (κ3) is 4.14. The highest BCUT2D eigenvalue weighted by atomic mass is 35.5. The van der Waals surface area contributed by atoms with Gasteiger partial charge in [0.2, 0.25) is 11.7 Å². The molecule has 0 aliphatic carbocycles. The van der Waals surface area contributed by atoms with Crippen molar-refractivity contribution in [1.82, 2.24) is 20.2 Å². The molecule has 116 valence electrons. The minimum atomic E-state index is -0.133. The van der Waals surface area contributed by atoms with Crippen molar-refractivity contribution < 1.29 is 4.79 Å². The molecule has 7 heteroatoms. The van der Waals surface area contributed by atoms with Crippen LogP contribution in [0.5, 0.6) is 0 Å². The number of rotatable bonds is 5. The van der Waals surface area contributed by atoms with E-state index < -0.39 is 0 Å². The van der Waals surface area contributed by atoms with Gasteiger partial charge in [0.25, 0.3) is 0 Å². The molecule has 1 aromatic heterocycles. The number of amides is 1. The minimum absolute atomic E-state index is 0.133. The van der Waals surface area contributed by atoms with Gasteiger partial charge in [-0.3, -0.25) is 4.79 Å². The van der Waals surface area contributed by atoms with E-state index in [0.717, 1.165) is 5.56 Å². The minimum Gasteiger partial charge on any atom is -0.326 e. The lowest BCUT2D eigenvalue weighted by Crippen LogP contribution is -2.15. The molecule has 1 heterocycles. The summed E-state index contributed by atoms with van der Waals surface area (Å²) in [6, 6.07) is 16.6. The number of anilines is 1. The Hall–Kier alpha value is -2.73. The lowest BCUT2D eigenvalue weighted by atomic mass is 10.2. The fraction of sp³-hybridized carbons (Fsp3) is 0.125. The van der Waals surface area contributed by atoms with Crippen LogP contribution in [0, 0.1) is 0 Å². The van der Waals surface area contributed by atoms with Gasteiger partial charge in [0.05, 0.1) is 6.54 Å². The van der Waals surface area contributed by atoms with Crippen LogP contribution < -0.4 is 5.32 Å². The normalized spacial score (nSPS) is 10.5. The Balaban J connectivity index is 1.56. The van der Waals surface area contributed by atoms with E-state index in [0.29, 0.717) is 23.1 Å². The van der Waals surface area contributed by atoms with Gasteiger partial charge in [-0.05, 0) is 23.4 Å². The molecular weight excluding hydrogens is 314 g/mol. The van der Waals surface area contributed by atoms with Crippen LogP contribution in [0.1, 0.15) is 6.42 Å². The van der Waals surface area contributed by atoms with E-state index >= 15 is 0 Å². The SMILES string of the molecule is O=C(CCn1nnc(-c2ccccc2)n1)Nc1cccc(Cl)c1. The van der Waals surface area contributed by atoms with Crippen molar-refractivity contribution in [3.63, 3.8) is 0 Å². The molecule has 0 unspecified atom stereocenters. The van der Waals surface area contributed by atoms with Gasteiger partial charge < -0.3 is 5.32 Å². The molecule has 0 radical (unpaired) electrons. The van der Waals surface area contributed by atoms with Gasteiger partial charge in [-0.15, -0.1) is 10.2 Å². The van der Waals surface area contributed by atoms with Crippen LogP contribution in [0.25, 0.3) is 11.4 Å². The van der Waals surface area contributed by atoms with Gasteiger partial charge >= 0.3 is 0 Å². The summed E-state index contributed by atoms with van der Waals surface area (Å²) in [4.78, 5) is 13.3. The van der Waals surface area contributed by atoms with E-state index in [4.69, 9.17) is 11.6 Å². The Bertz CT molecular complexity index is 803. The highest BCUT2D eigenvalue weighted by molar-refractivity contribution is 6.30. The number of nitrogens with zero attached hydrogens (tertiary/aromatic N) is 4. The Morgan fingerprint density at radius 2 is 1.96 bits per heavy atom. The second-order valence-corrected chi connectivity index (χ2v) is 5.32. The summed E-state index contributed by atoms with van der Waals surface area (Å²) in [5, 5.41) is 15.6. The molecule has 1 N–H and O–H groups in total. The molecule has 0 saturated carbocycles. The van der Waals surface area contributed by atoms with Crippen molar-refractivity contribution >= 4 is 23.2 Å². The fourth-order valence-corrected chi connectivity index (χ4v) is 2.22. The molecule has 0 atom stereocenters. The van der Waals surface area contributed by atoms with E-state index in [1.54, 1.807) is 24.3 Å². The summed E-state index contributed by atoms with van der Waals surface area (Å²) in [5.74, 6) is 0.409. The zero-order valence-electron chi connectivity index (χ0n) is 12.2. The predicted octanol–water partition coefficient (Wildman–Crippen LogP) is 3.02. The molecule has 23 heavy (non-hydrogen) atoms. The molecule has 2 aromatic carbocycles. The van der Waals surface area contributed by atoms with Crippen molar-refractivity contribution in [3.8, 4) is 11.4 Å². The topological polar surface area (TPSA) is 72.7 Å². The van der Waals surface area contributed by atoms with Crippen LogP contribution in [0.4, 0.5) is 5.69 Å². The highest BCUT2D eigenvalue weighted by Crippen LogP contribution is 2.15. The number of nitrogens with one attached hydrogen (secondary N) is 1. The van der Waals surface area contributed by atoms with E-state index in [-0.39, 0.29) is 12.3 Å². The van der Waals surface area contributed by atoms with E-state index in [1.165, 1.54) is 4.80 Å². The number of carbonyl (C=O) groups excluding carboxylic acids is 1. The Morgan fingerprint density at radius 3 is 2.74 bits per heavy atom. The number of hydrogen-bond acceptors (Lipinski definition) is 4. The number of aromatic nitrogens is 4. The maximum Gasteiger partial charge on any atom is 0.226 e. The first kappa shape index (κ1) is 15.2. The molecule has 0 aliphatic heterocycles. The van der Waals surface area contributed by atoms with Gasteiger partial charge in [-0.25, -0.2) is 0 Å². The second kappa shape index (κ2) is 7.02. The van der Waals surface area contributed by atoms with Crippen LogP contribution in [0.3, 0.4) is 0 Å². The third-order valence-corrected chi connectivity index (χ3v) is 3.37. The van der Waals surface area contributed by atoms with Gasteiger partial charge in [-0.2, -0.15) is 4.80 Å². The molecule has 0 aliphatic rings. The quantitative estimate of drug-likeness (QED) is 0.781. The molecular formula is C16H14ClN5O. The van der Waals surface area contributed by atoms with Crippen LogP contribution >= 0.6 is 11.6 Å². The van der Waals surface area contributed by atoms with Crippen molar-refractivity contribution in [3.05, 3.63) is 59.6 Å². The number of aryl methyl sites for hydroxylation is 1. The molecule has 3 aromatic rings. The van der Waals surface area contributed by atoms with Crippen molar-refractivity contribution in [2.75, 3.05) is 5.32 Å². The predicted molar refractivity (Wildman–Crippen MR) is 88.0 cm³/mol. The molecule has 0 bridgehead atoms. The van der Waals surface area contributed by atoms with Crippen LogP contribution in [-0.2, 0) is 11.3 Å². The summed E-state index contributed by atoms with van der Waals surface area (Å²) >= 11 is 5.88. The number of halogens is 1. The van der Waals surface area contributed by atoms with Gasteiger partial charge in [0.1, 0.15) is 0 Å².